The number of allylic oxidation sites excluding steroid dienone is 2. The van der Waals surface area contributed by atoms with Crippen LogP contribution in [0.4, 0.5) is 5.69 Å². The second-order valence-electron chi connectivity index (χ2n) is 3.22. The highest BCUT2D eigenvalue weighted by molar-refractivity contribution is 7.13. The summed E-state index contributed by atoms with van der Waals surface area (Å²) in [5, 5.41) is 0. The zero-order chi connectivity index (χ0) is 11.4. The lowest BCUT2D eigenvalue weighted by Crippen LogP contribution is -1.87. The number of hydrogen-bond acceptors (Lipinski definition) is 3. The first kappa shape index (κ1) is 11.7. The predicted octanol–water partition coefficient (Wildman–Crippen LogP) is 3.56. The molecule has 1 aromatic rings. The molecule has 0 saturated carbocycles. The minimum absolute atomic E-state index is 0.878. The average molecular weight is 220 g/mol. The SMILES string of the molecule is C=C/C(=C\N=C/C)c1sc(C)c(N)c1C. The van der Waals surface area contributed by atoms with E-state index in [1.165, 1.54) is 0 Å². The zero-order valence-electron chi connectivity index (χ0n) is 9.37. The minimum Gasteiger partial charge on any atom is -0.398 e. The second-order valence-corrected chi connectivity index (χ2v) is 4.45. The molecule has 1 rings (SSSR count). The molecule has 0 bridgehead atoms. The van der Waals surface area contributed by atoms with Crippen LogP contribution in [-0.4, -0.2) is 6.21 Å². The Morgan fingerprint density at radius 2 is 2.13 bits per heavy atom. The van der Waals surface area contributed by atoms with Gasteiger partial charge in [0.15, 0.2) is 0 Å². The molecule has 0 aliphatic carbocycles. The molecule has 0 spiro atoms. The van der Waals surface area contributed by atoms with Gasteiger partial charge < -0.3 is 5.73 Å². The van der Waals surface area contributed by atoms with E-state index in [1.54, 1.807) is 17.6 Å². The highest BCUT2D eigenvalue weighted by atomic mass is 32.1. The maximum atomic E-state index is 5.93. The summed E-state index contributed by atoms with van der Waals surface area (Å²) in [6, 6.07) is 0. The maximum absolute atomic E-state index is 5.93. The zero-order valence-corrected chi connectivity index (χ0v) is 10.2. The molecular weight excluding hydrogens is 204 g/mol. The second kappa shape index (κ2) is 4.94. The molecule has 0 unspecified atom stereocenters. The van der Waals surface area contributed by atoms with Gasteiger partial charge in [-0.05, 0) is 26.3 Å². The number of anilines is 1. The normalized spacial score (nSPS) is 12.3. The van der Waals surface area contributed by atoms with Crippen LogP contribution in [0, 0.1) is 13.8 Å². The molecule has 2 nitrogen and oxygen atoms in total. The number of hydrogen-bond donors (Lipinski definition) is 1. The summed E-state index contributed by atoms with van der Waals surface area (Å²) < 4.78 is 0. The quantitative estimate of drug-likeness (QED) is 0.614. The number of nitrogen functional groups attached to an aromatic ring is 1. The van der Waals surface area contributed by atoms with E-state index in [9.17, 15) is 0 Å². The smallest absolute Gasteiger partial charge is 0.0488 e. The predicted molar refractivity (Wildman–Crippen MR) is 70.5 cm³/mol. The van der Waals surface area contributed by atoms with E-state index in [2.05, 4.69) is 11.6 Å². The summed E-state index contributed by atoms with van der Waals surface area (Å²) in [6.07, 6.45) is 5.37. The van der Waals surface area contributed by atoms with Crippen molar-refractivity contribution < 1.29 is 0 Å². The van der Waals surface area contributed by atoms with Gasteiger partial charge in [-0.25, -0.2) is 0 Å². The van der Waals surface area contributed by atoms with Crippen LogP contribution in [-0.2, 0) is 0 Å². The number of thiophene rings is 1. The van der Waals surface area contributed by atoms with Crippen LogP contribution >= 0.6 is 11.3 Å². The van der Waals surface area contributed by atoms with Gasteiger partial charge in [0.05, 0.1) is 0 Å². The molecule has 0 aliphatic rings. The van der Waals surface area contributed by atoms with E-state index in [1.807, 2.05) is 33.0 Å². The molecule has 0 radical (unpaired) electrons. The summed E-state index contributed by atoms with van der Waals surface area (Å²) in [7, 11) is 0. The fraction of sp³-hybridized carbons (Fsp3) is 0.250. The molecule has 2 N–H and O–H groups in total. The van der Waals surface area contributed by atoms with Gasteiger partial charge in [0, 0.05) is 33.4 Å². The average Bonchev–Trinajstić information content (AvgIpc) is 2.48. The topological polar surface area (TPSA) is 38.4 Å². The summed E-state index contributed by atoms with van der Waals surface area (Å²) in [6.45, 7) is 9.74. The van der Waals surface area contributed by atoms with E-state index in [0.29, 0.717) is 0 Å². The molecule has 0 saturated heterocycles. The van der Waals surface area contributed by atoms with Gasteiger partial charge in [0.2, 0.25) is 0 Å². The van der Waals surface area contributed by atoms with E-state index >= 15 is 0 Å². The number of nitrogens with two attached hydrogens (primary N) is 1. The van der Waals surface area contributed by atoms with E-state index in [0.717, 1.165) is 26.6 Å². The monoisotopic (exact) mass is 220 g/mol. The maximum Gasteiger partial charge on any atom is 0.0488 e. The van der Waals surface area contributed by atoms with Crippen molar-refractivity contribution in [3.8, 4) is 0 Å². The van der Waals surface area contributed by atoms with Crippen LogP contribution in [0.3, 0.4) is 0 Å². The lowest BCUT2D eigenvalue weighted by atomic mass is 10.1. The van der Waals surface area contributed by atoms with Gasteiger partial charge in [-0.2, -0.15) is 0 Å². The molecule has 3 heteroatoms. The number of aryl methyl sites for hydroxylation is 1. The molecule has 1 heterocycles. The van der Waals surface area contributed by atoms with Gasteiger partial charge in [-0.15, -0.1) is 11.3 Å². The highest BCUT2D eigenvalue weighted by Gasteiger charge is 2.10. The minimum atomic E-state index is 0.878. The molecule has 0 aromatic carbocycles. The number of nitrogens with zero attached hydrogens (tertiary/aromatic N) is 1. The van der Waals surface area contributed by atoms with Crippen LogP contribution in [0.2, 0.25) is 0 Å². The Morgan fingerprint density at radius 3 is 2.53 bits per heavy atom. The Hall–Kier alpha value is -1.35. The lowest BCUT2D eigenvalue weighted by Gasteiger charge is -1.99. The molecule has 15 heavy (non-hydrogen) atoms. The molecule has 0 fully saturated rings. The molecule has 0 atom stereocenters. The van der Waals surface area contributed by atoms with Gasteiger partial charge in [-0.1, -0.05) is 12.7 Å². The fourth-order valence-electron chi connectivity index (χ4n) is 1.31. The molecule has 0 aliphatic heterocycles. The van der Waals surface area contributed by atoms with Gasteiger partial charge in [0.25, 0.3) is 0 Å². The van der Waals surface area contributed by atoms with Crippen molar-refractivity contribution in [2.24, 2.45) is 4.99 Å². The molecular formula is C12H16N2S. The van der Waals surface area contributed by atoms with Crippen molar-refractivity contribution in [3.63, 3.8) is 0 Å². The van der Waals surface area contributed by atoms with Crippen LogP contribution in [0.25, 0.3) is 5.57 Å². The van der Waals surface area contributed by atoms with Crippen LogP contribution in [0.1, 0.15) is 22.2 Å². The van der Waals surface area contributed by atoms with Gasteiger partial charge >= 0.3 is 0 Å². The van der Waals surface area contributed by atoms with Gasteiger partial charge in [0.1, 0.15) is 0 Å². The van der Waals surface area contributed by atoms with Crippen molar-refractivity contribution >= 4 is 28.8 Å². The Bertz CT molecular complexity index is 425. The third kappa shape index (κ3) is 2.36. The lowest BCUT2D eigenvalue weighted by molar-refractivity contribution is 1.47. The first-order valence-corrected chi connectivity index (χ1v) is 5.59. The van der Waals surface area contributed by atoms with Crippen molar-refractivity contribution in [2.75, 3.05) is 5.73 Å². The highest BCUT2D eigenvalue weighted by Crippen LogP contribution is 2.34. The summed E-state index contributed by atoms with van der Waals surface area (Å²) in [5.41, 5.74) is 8.96. The van der Waals surface area contributed by atoms with Crippen molar-refractivity contribution in [2.45, 2.75) is 20.8 Å². The van der Waals surface area contributed by atoms with E-state index in [4.69, 9.17) is 5.73 Å². The van der Waals surface area contributed by atoms with Crippen LogP contribution in [0.15, 0.2) is 23.8 Å². The Labute approximate surface area is 94.8 Å². The summed E-state index contributed by atoms with van der Waals surface area (Å²) in [5.74, 6) is 0. The van der Waals surface area contributed by atoms with E-state index in [-0.39, 0.29) is 0 Å². The first-order valence-electron chi connectivity index (χ1n) is 4.78. The Morgan fingerprint density at radius 1 is 1.47 bits per heavy atom. The van der Waals surface area contributed by atoms with Crippen molar-refractivity contribution in [1.82, 2.24) is 0 Å². The third-order valence-corrected chi connectivity index (χ3v) is 3.50. The Kier molecular flexibility index (Phi) is 3.86. The molecule has 1 aromatic heterocycles. The standard InChI is InChI=1S/C12H16N2S/c1-5-10(7-14-6-2)12-8(3)11(13)9(4)15-12/h5-7H,1,13H2,2-4H3/b10-7+,14-6-. The van der Waals surface area contributed by atoms with Crippen molar-refractivity contribution in [3.05, 3.63) is 34.2 Å². The largest absolute Gasteiger partial charge is 0.398 e. The number of rotatable bonds is 3. The van der Waals surface area contributed by atoms with Crippen LogP contribution < -0.4 is 5.73 Å². The first-order chi connectivity index (χ1) is 7.11. The summed E-state index contributed by atoms with van der Waals surface area (Å²) in [4.78, 5) is 6.41. The number of aliphatic imine (C=N–C) groups is 1. The Balaban J connectivity index is 3.24. The fourth-order valence-corrected chi connectivity index (χ4v) is 2.39. The molecule has 80 valence electrons. The van der Waals surface area contributed by atoms with E-state index < -0.39 is 0 Å². The van der Waals surface area contributed by atoms with Crippen LogP contribution in [0.5, 0.6) is 0 Å². The van der Waals surface area contributed by atoms with Gasteiger partial charge in [-0.3, -0.25) is 4.99 Å². The third-order valence-electron chi connectivity index (χ3n) is 2.22. The van der Waals surface area contributed by atoms with Crippen molar-refractivity contribution in [1.29, 1.82) is 0 Å². The molecule has 0 amide bonds. The summed E-state index contributed by atoms with van der Waals surface area (Å²) >= 11 is 1.69.